The van der Waals surface area contributed by atoms with E-state index in [1.165, 1.54) is 0 Å². The van der Waals surface area contributed by atoms with Crippen molar-refractivity contribution in [2.45, 2.75) is 0 Å². The van der Waals surface area contributed by atoms with Gasteiger partial charge in [-0.3, -0.25) is 5.84 Å². The molecule has 15 heavy (non-hydrogen) atoms. The second-order valence-corrected chi connectivity index (χ2v) is 2.64. The van der Waals surface area contributed by atoms with Crippen LogP contribution in [0.4, 0.5) is 5.69 Å². The van der Waals surface area contributed by atoms with Crippen LogP contribution in [0.3, 0.4) is 0 Å². The number of nitrogen functional groups attached to an aromatic ring is 1. The Morgan fingerprint density at radius 2 is 1.67 bits per heavy atom. The number of para-hydroxylation sites is 1. The van der Waals surface area contributed by atoms with Crippen molar-refractivity contribution in [3.05, 3.63) is 29.3 Å². The number of aliphatic carboxylic acids is 2. The molecule has 82 valence electrons. The smallest absolute Gasteiger partial charge is 0.414 e. The van der Waals surface area contributed by atoms with Crippen LogP contribution in [-0.2, 0) is 9.59 Å². The predicted molar refractivity (Wildman–Crippen MR) is 54.5 cm³/mol. The first-order valence-electron chi connectivity index (χ1n) is 3.66. The van der Waals surface area contributed by atoms with E-state index in [0.29, 0.717) is 5.02 Å². The number of hydrogen-bond donors (Lipinski definition) is 4. The molecule has 0 aliphatic carbocycles. The van der Waals surface area contributed by atoms with E-state index in [4.69, 9.17) is 37.2 Å². The van der Waals surface area contributed by atoms with Gasteiger partial charge in [-0.05, 0) is 12.1 Å². The van der Waals surface area contributed by atoms with Crippen LogP contribution in [0, 0.1) is 0 Å². The van der Waals surface area contributed by atoms with E-state index in [1.54, 1.807) is 6.07 Å². The maximum absolute atomic E-state index is 9.10. The third-order valence-electron chi connectivity index (χ3n) is 1.21. The van der Waals surface area contributed by atoms with Gasteiger partial charge in [0.15, 0.2) is 0 Å². The zero-order valence-electron chi connectivity index (χ0n) is 7.48. The zero-order chi connectivity index (χ0) is 11.8. The van der Waals surface area contributed by atoms with E-state index in [1.807, 2.05) is 18.2 Å². The van der Waals surface area contributed by atoms with Gasteiger partial charge < -0.3 is 15.6 Å². The van der Waals surface area contributed by atoms with Crippen LogP contribution in [0.15, 0.2) is 24.3 Å². The molecule has 0 fully saturated rings. The second kappa shape index (κ2) is 6.63. The molecule has 6 nitrogen and oxygen atoms in total. The minimum atomic E-state index is -1.82. The van der Waals surface area contributed by atoms with Gasteiger partial charge in [0.05, 0.1) is 10.7 Å². The van der Waals surface area contributed by atoms with Crippen molar-refractivity contribution in [1.82, 2.24) is 0 Å². The van der Waals surface area contributed by atoms with Gasteiger partial charge in [-0.25, -0.2) is 9.59 Å². The minimum absolute atomic E-state index is 0.639. The summed E-state index contributed by atoms with van der Waals surface area (Å²) < 4.78 is 0. The van der Waals surface area contributed by atoms with Gasteiger partial charge in [-0.2, -0.15) is 0 Å². The number of carbonyl (C=O) groups is 2. The molecule has 0 spiro atoms. The first-order valence-corrected chi connectivity index (χ1v) is 4.04. The lowest BCUT2D eigenvalue weighted by Crippen LogP contribution is -2.09. The van der Waals surface area contributed by atoms with Gasteiger partial charge in [-0.1, -0.05) is 23.7 Å². The first kappa shape index (κ1) is 13.2. The van der Waals surface area contributed by atoms with Gasteiger partial charge >= 0.3 is 11.9 Å². The zero-order valence-corrected chi connectivity index (χ0v) is 8.23. The fourth-order valence-corrected chi connectivity index (χ4v) is 0.769. The Labute approximate surface area is 90.2 Å². The van der Waals surface area contributed by atoms with Gasteiger partial charge in [0.2, 0.25) is 0 Å². The quantitative estimate of drug-likeness (QED) is 0.323. The highest BCUT2D eigenvalue weighted by molar-refractivity contribution is 6.33. The summed E-state index contributed by atoms with van der Waals surface area (Å²) in [5, 5.41) is 15.4. The number of nitrogens with one attached hydrogen (secondary N) is 1. The standard InChI is InChI=1S/C6H7ClN2.C2H2O4/c7-5-3-1-2-4-6(5)9-8;3-1(4)2(5)6/h1-4,9H,8H2;(H,3,4)(H,5,6). The van der Waals surface area contributed by atoms with Gasteiger partial charge in [0.1, 0.15) is 0 Å². The molecule has 0 unspecified atom stereocenters. The van der Waals surface area contributed by atoms with Crippen molar-refractivity contribution in [2.75, 3.05) is 5.43 Å². The molecule has 0 saturated carbocycles. The Bertz CT molecular complexity index is 344. The van der Waals surface area contributed by atoms with E-state index in [0.717, 1.165) is 5.69 Å². The van der Waals surface area contributed by atoms with Crippen molar-refractivity contribution in [3.8, 4) is 0 Å². The molecule has 0 aliphatic rings. The molecular formula is C8H9ClN2O4. The number of carboxylic acids is 2. The lowest BCUT2D eigenvalue weighted by Gasteiger charge is -1.99. The number of nitrogens with two attached hydrogens (primary N) is 1. The van der Waals surface area contributed by atoms with Crippen LogP contribution in [0.2, 0.25) is 5.02 Å². The number of carboxylic acid groups (broad SMARTS) is 2. The van der Waals surface area contributed by atoms with Gasteiger partial charge in [0.25, 0.3) is 0 Å². The third kappa shape index (κ3) is 5.50. The summed E-state index contributed by atoms with van der Waals surface area (Å²) in [4.78, 5) is 18.2. The molecule has 0 amide bonds. The summed E-state index contributed by atoms with van der Waals surface area (Å²) in [5.74, 6) is 1.47. The van der Waals surface area contributed by atoms with Gasteiger partial charge in [-0.15, -0.1) is 0 Å². The number of anilines is 1. The largest absolute Gasteiger partial charge is 0.473 e. The van der Waals surface area contributed by atoms with Crippen LogP contribution < -0.4 is 11.3 Å². The van der Waals surface area contributed by atoms with Crippen molar-refractivity contribution in [3.63, 3.8) is 0 Å². The van der Waals surface area contributed by atoms with Crippen LogP contribution in [0.25, 0.3) is 0 Å². The predicted octanol–water partition coefficient (Wildman–Crippen LogP) is 0.781. The average Bonchev–Trinajstić information content (AvgIpc) is 2.19. The molecule has 5 N–H and O–H groups in total. The fourth-order valence-electron chi connectivity index (χ4n) is 0.578. The molecule has 0 aliphatic heterocycles. The van der Waals surface area contributed by atoms with Crippen LogP contribution in [-0.4, -0.2) is 22.2 Å². The Kier molecular flexibility index (Phi) is 5.84. The van der Waals surface area contributed by atoms with Crippen molar-refractivity contribution in [1.29, 1.82) is 0 Å². The molecular weight excluding hydrogens is 224 g/mol. The van der Waals surface area contributed by atoms with Crippen molar-refractivity contribution < 1.29 is 19.8 Å². The van der Waals surface area contributed by atoms with E-state index < -0.39 is 11.9 Å². The monoisotopic (exact) mass is 232 g/mol. The van der Waals surface area contributed by atoms with Crippen molar-refractivity contribution >= 4 is 29.2 Å². The average molecular weight is 233 g/mol. The SMILES string of the molecule is NNc1ccccc1Cl.O=C(O)C(=O)O. The highest BCUT2D eigenvalue weighted by atomic mass is 35.5. The number of hydrogen-bond acceptors (Lipinski definition) is 4. The maximum atomic E-state index is 9.10. The molecule has 1 aromatic carbocycles. The Hall–Kier alpha value is -1.79. The van der Waals surface area contributed by atoms with E-state index in [2.05, 4.69) is 5.43 Å². The van der Waals surface area contributed by atoms with E-state index in [9.17, 15) is 0 Å². The summed E-state index contributed by atoms with van der Waals surface area (Å²) in [6, 6.07) is 7.29. The molecule has 0 radical (unpaired) electrons. The molecule has 1 rings (SSSR count). The molecule has 0 saturated heterocycles. The Morgan fingerprint density at radius 1 is 1.20 bits per heavy atom. The molecule has 0 bridgehead atoms. The highest BCUT2D eigenvalue weighted by Gasteiger charge is 2.04. The second-order valence-electron chi connectivity index (χ2n) is 2.23. The molecule has 0 aromatic heterocycles. The van der Waals surface area contributed by atoms with Gasteiger partial charge in [0, 0.05) is 0 Å². The molecule has 1 aromatic rings. The van der Waals surface area contributed by atoms with E-state index in [-0.39, 0.29) is 0 Å². The number of rotatable bonds is 1. The number of hydrazine groups is 1. The third-order valence-corrected chi connectivity index (χ3v) is 1.54. The lowest BCUT2D eigenvalue weighted by molar-refractivity contribution is -0.159. The Balaban J connectivity index is 0.000000288. The summed E-state index contributed by atoms with van der Waals surface area (Å²) in [6.07, 6.45) is 0. The number of benzene rings is 1. The minimum Gasteiger partial charge on any atom is -0.473 e. The topological polar surface area (TPSA) is 113 Å². The summed E-state index contributed by atoms with van der Waals surface area (Å²) in [5.41, 5.74) is 3.21. The van der Waals surface area contributed by atoms with Crippen LogP contribution in [0.5, 0.6) is 0 Å². The Morgan fingerprint density at radius 3 is 1.93 bits per heavy atom. The van der Waals surface area contributed by atoms with E-state index >= 15 is 0 Å². The first-order chi connectivity index (χ1) is 6.99. The van der Waals surface area contributed by atoms with Crippen molar-refractivity contribution in [2.24, 2.45) is 5.84 Å². The normalized spacial score (nSPS) is 8.40. The summed E-state index contributed by atoms with van der Waals surface area (Å²) >= 11 is 5.68. The van der Waals surface area contributed by atoms with Crippen LogP contribution in [0.1, 0.15) is 0 Å². The summed E-state index contributed by atoms with van der Waals surface area (Å²) in [7, 11) is 0. The van der Waals surface area contributed by atoms with Crippen LogP contribution >= 0.6 is 11.6 Å². The molecule has 7 heteroatoms. The molecule has 0 atom stereocenters. The highest BCUT2D eigenvalue weighted by Crippen LogP contribution is 2.18. The summed E-state index contributed by atoms with van der Waals surface area (Å²) in [6.45, 7) is 0. The fraction of sp³-hybridized carbons (Fsp3) is 0. The number of halogens is 1. The lowest BCUT2D eigenvalue weighted by atomic mass is 10.3. The molecule has 0 heterocycles. The maximum Gasteiger partial charge on any atom is 0.414 e.